The zero-order chi connectivity index (χ0) is 32.3. The molecule has 3 fully saturated rings. The zero-order valence-corrected chi connectivity index (χ0v) is 27.7. The molecule has 0 radical (unpaired) electrons. The Labute approximate surface area is 282 Å². The number of methoxy groups -OCH3 is 1. The molecule has 4 aromatic rings. The Morgan fingerprint density at radius 1 is 1.11 bits per heavy atom. The summed E-state index contributed by atoms with van der Waals surface area (Å²) in [7, 11) is 1.37. The average molecular weight is 681 g/mol. The van der Waals surface area contributed by atoms with Gasteiger partial charge in [-0.1, -0.05) is 29.3 Å². The first-order valence-electron chi connectivity index (χ1n) is 15.9. The van der Waals surface area contributed by atoms with E-state index in [2.05, 4.69) is 25.4 Å². The van der Waals surface area contributed by atoms with Gasteiger partial charge in [-0.05, 0) is 49.2 Å². The Balaban J connectivity index is 1.08. The fourth-order valence-electron chi connectivity index (χ4n) is 7.29. The highest BCUT2D eigenvalue weighted by Crippen LogP contribution is 2.50. The van der Waals surface area contributed by atoms with E-state index in [1.807, 2.05) is 31.2 Å². The van der Waals surface area contributed by atoms with E-state index in [1.165, 1.54) is 7.11 Å². The minimum atomic E-state index is -1.08. The van der Waals surface area contributed by atoms with Crippen LogP contribution in [0.2, 0.25) is 10.0 Å². The standard InChI is InChI=1S/C34H35Cl2N5O6/c1-34(29-9-8-21(35)15-37-29)46-28-7-3-6-24(32(28)47-34)40-11-10-39(26-18-44-19-27(26)40)17-30-38-31-23(36)13-20(33(42)43-2)14-25(31)41(30)16-22-5-4-12-45-22/h3,6-9,13-15,22,26-27H,4-5,10-12,16-19H2,1-2H3/t22-,26+,27-,34+/m0/s1. The van der Waals surface area contributed by atoms with Crippen molar-refractivity contribution in [1.82, 2.24) is 19.4 Å². The highest BCUT2D eigenvalue weighted by molar-refractivity contribution is 6.35. The number of hydrogen-bond donors (Lipinski definition) is 0. The van der Waals surface area contributed by atoms with Gasteiger partial charge in [0, 0.05) is 32.8 Å². The van der Waals surface area contributed by atoms with Crippen LogP contribution in [-0.2, 0) is 33.1 Å². The van der Waals surface area contributed by atoms with Crippen LogP contribution >= 0.6 is 23.2 Å². The summed E-state index contributed by atoms with van der Waals surface area (Å²) >= 11 is 12.8. The minimum Gasteiger partial charge on any atom is -0.465 e. The van der Waals surface area contributed by atoms with Gasteiger partial charge in [-0.2, -0.15) is 0 Å². The number of carbonyl (C=O) groups is 1. The lowest BCUT2D eigenvalue weighted by atomic mass is 10.0. The van der Waals surface area contributed by atoms with Gasteiger partial charge >= 0.3 is 5.97 Å². The maximum Gasteiger partial charge on any atom is 0.337 e. The van der Waals surface area contributed by atoms with Crippen LogP contribution in [0.4, 0.5) is 5.69 Å². The van der Waals surface area contributed by atoms with Gasteiger partial charge in [-0.3, -0.25) is 9.88 Å². The van der Waals surface area contributed by atoms with Crippen molar-refractivity contribution in [3.05, 3.63) is 75.8 Å². The summed E-state index contributed by atoms with van der Waals surface area (Å²) in [4.78, 5) is 26.8. The minimum absolute atomic E-state index is 0.0715. The number of anilines is 1. The summed E-state index contributed by atoms with van der Waals surface area (Å²) in [5.74, 6) is 0.731. The first-order chi connectivity index (χ1) is 22.8. The van der Waals surface area contributed by atoms with Crippen LogP contribution in [0.1, 0.15) is 41.6 Å². The number of fused-ring (bicyclic) bond motifs is 3. The number of ether oxygens (including phenoxy) is 5. The predicted octanol–water partition coefficient (Wildman–Crippen LogP) is 5.44. The first-order valence-corrected chi connectivity index (χ1v) is 16.7. The summed E-state index contributed by atoms with van der Waals surface area (Å²) < 4.78 is 32.2. The van der Waals surface area contributed by atoms with Crippen molar-refractivity contribution in [2.75, 3.05) is 44.9 Å². The quantitative estimate of drug-likeness (QED) is 0.235. The van der Waals surface area contributed by atoms with E-state index in [4.69, 9.17) is 51.9 Å². The number of nitrogens with zero attached hydrogens (tertiary/aromatic N) is 5. The third kappa shape index (κ3) is 5.47. The Kier molecular flexibility index (Phi) is 7.92. The molecular weight excluding hydrogens is 645 g/mol. The molecule has 0 bridgehead atoms. The molecule has 2 aromatic carbocycles. The van der Waals surface area contributed by atoms with Crippen molar-refractivity contribution in [2.24, 2.45) is 0 Å². The third-order valence-corrected chi connectivity index (χ3v) is 10.2. The summed E-state index contributed by atoms with van der Waals surface area (Å²) in [6.07, 6.45) is 3.67. The molecule has 8 rings (SSSR count). The molecule has 0 spiro atoms. The number of imidazole rings is 1. The van der Waals surface area contributed by atoms with Gasteiger partial charge in [0.2, 0.25) is 0 Å². The molecule has 4 aliphatic heterocycles. The van der Waals surface area contributed by atoms with E-state index >= 15 is 0 Å². The lowest BCUT2D eigenvalue weighted by molar-refractivity contribution is -0.0716. The monoisotopic (exact) mass is 679 g/mol. The Morgan fingerprint density at radius 3 is 2.77 bits per heavy atom. The van der Waals surface area contributed by atoms with Crippen molar-refractivity contribution in [1.29, 1.82) is 0 Å². The van der Waals surface area contributed by atoms with Gasteiger partial charge in [-0.25, -0.2) is 9.78 Å². The maximum absolute atomic E-state index is 12.5. The lowest BCUT2D eigenvalue weighted by Crippen LogP contribution is -2.59. The van der Waals surface area contributed by atoms with E-state index in [0.29, 0.717) is 64.6 Å². The van der Waals surface area contributed by atoms with E-state index < -0.39 is 11.8 Å². The predicted molar refractivity (Wildman–Crippen MR) is 176 cm³/mol. The molecule has 0 amide bonds. The highest BCUT2D eigenvalue weighted by atomic mass is 35.5. The van der Waals surface area contributed by atoms with Crippen LogP contribution in [-0.4, -0.2) is 83.6 Å². The van der Waals surface area contributed by atoms with Crippen molar-refractivity contribution in [2.45, 2.75) is 56.8 Å². The van der Waals surface area contributed by atoms with Gasteiger partial charge in [0.25, 0.3) is 5.79 Å². The second-order valence-electron chi connectivity index (χ2n) is 12.5. The number of rotatable bonds is 7. The van der Waals surface area contributed by atoms with Crippen LogP contribution in [0.3, 0.4) is 0 Å². The van der Waals surface area contributed by atoms with Crippen LogP contribution in [0, 0.1) is 0 Å². The van der Waals surface area contributed by atoms with Crippen LogP contribution in [0.5, 0.6) is 11.5 Å². The average Bonchev–Trinajstić information content (AvgIpc) is 3.88. The summed E-state index contributed by atoms with van der Waals surface area (Å²) in [5, 5.41) is 0.971. The van der Waals surface area contributed by atoms with Crippen LogP contribution < -0.4 is 14.4 Å². The van der Waals surface area contributed by atoms with Gasteiger partial charge in [-0.15, -0.1) is 0 Å². The molecular formula is C34H35Cl2N5O6. The first kappa shape index (κ1) is 30.7. The topological polar surface area (TPSA) is 100 Å². The van der Waals surface area contributed by atoms with E-state index in [-0.39, 0.29) is 18.2 Å². The maximum atomic E-state index is 12.5. The number of esters is 1. The second kappa shape index (κ2) is 12.1. The number of piperazine rings is 1. The largest absolute Gasteiger partial charge is 0.465 e. The number of halogens is 2. The Hall–Kier alpha value is -3.61. The fraction of sp³-hybridized carbons (Fsp3) is 0.441. The normalized spacial score (nSPS) is 25.4. The molecule has 4 atom stereocenters. The van der Waals surface area contributed by atoms with Gasteiger partial charge in [0.1, 0.15) is 17.0 Å². The van der Waals surface area contributed by atoms with E-state index in [9.17, 15) is 4.79 Å². The lowest BCUT2D eigenvalue weighted by Gasteiger charge is -2.44. The molecule has 0 N–H and O–H groups in total. The number of aromatic nitrogens is 3. The fourth-order valence-corrected chi connectivity index (χ4v) is 7.66. The van der Waals surface area contributed by atoms with Crippen molar-refractivity contribution < 1.29 is 28.5 Å². The molecule has 0 aliphatic carbocycles. The molecule has 0 saturated carbocycles. The van der Waals surface area contributed by atoms with Crippen LogP contribution in [0.25, 0.3) is 11.0 Å². The number of pyridine rings is 1. The number of hydrogen-bond acceptors (Lipinski definition) is 10. The number of para-hydroxylation sites is 1. The Bertz CT molecular complexity index is 1830. The van der Waals surface area contributed by atoms with Crippen molar-refractivity contribution >= 4 is 45.9 Å². The van der Waals surface area contributed by atoms with Crippen LogP contribution in [0.15, 0.2) is 48.7 Å². The Morgan fingerprint density at radius 2 is 1.98 bits per heavy atom. The smallest absolute Gasteiger partial charge is 0.337 e. The molecule has 11 nitrogen and oxygen atoms in total. The molecule has 13 heteroatoms. The zero-order valence-electron chi connectivity index (χ0n) is 26.2. The number of carbonyl (C=O) groups excluding carboxylic acids is 1. The van der Waals surface area contributed by atoms with Gasteiger partial charge < -0.3 is 33.2 Å². The third-order valence-electron chi connectivity index (χ3n) is 9.64. The summed E-state index contributed by atoms with van der Waals surface area (Å²) in [6, 6.07) is 13.3. The molecule has 6 heterocycles. The van der Waals surface area contributed by atoms with Gasteiger partial charge in [0.15, 0.2) is 11.5 Å². The van der Waals surface area contributed by atoms with E-state index in [1.54, 1.807) is 18.3 Å². The summed E-state index contributed by atoms with van der Waals surface area (Å²) in [6.45, 7) is 6.55. The van der Waals surface area contributed by atoms with E-state index in [0.717, 1.165) is 49.6 Å². The number of benzene rings is 2. The molecule has 47 heavy (non-hydrogen) atoms. The second-order valence-corrected chi connectivity index (χ2v) is 13.4. The van der Waals surface area contributed by atoms with Crippen molar-refractivity contribution in [3.63, 3.8) is 0 Å². The molecule has 0 unspecified atom stereocenters. The van der Waals surface area contributed by atoms with Crippen molar-refractivity contribution in [3.8, 4) is 11.5 Å². The SMILES string of the molecule is COC(=O)c1cc(Cl)c2nc(CN3CCN(c4cccc5c4O[C@](C)(c4ccc(Cl)cn4)O5)[C@H]4COC[C@H]43)n(C[C@@H]3CCCO3)c2c1. The molecule has 246 valence electrons. The molecule has 2 aromatic heterocycles. The molecule has 4 aliphatic rings. The highest BCUT2D eigenvalue weighted by Gasteiger charge is 2.46. The molecule has 3 saturated heterocycles. The summed E-state index contributed by atoms with van der Waals surface area (Å²) in [5.41, 5.74) is 3.47. The van der Waals surface area contributed by atoms with Gasteiger partial charge in [0.05, 0.1) is 78.4 Å².